The summed E-state index contributed by atoms with van der Waals surface area (Å²) >= 11 is 6.16. The Kier molecular flexibility index (Phi) is 2.91. The first-order chi connectivity index (χ1) is 9.15. The topological polar surface area (TPSA) is 41.8 Å². The Balaban J connectivity index is 2.02. The number of halogens is 1. The number of aromatic nitrogens is 2. The van der Waals surface area contributed by atoms with Crippen molar-refractivity contribution in [2.75, 3.05) is 0 Å². The highest BCUT2D eigenvalue weighted by Crippen LogP contribution is 2.31. The minimum Gasteiger partial charge on any atom is -0.453 e. The highest BCUT2D eigenvalue weighted by atomic mass is 35.5. The van der Waals surface area contributed by atoms with Gasteiger partial charge in [-0.1, -0.05) is 23.7 Å². The third-order valence-electron chi connectivity index (χ3n) is 3.11. The number of nitrogens with one attached hydrogen (secondary N) is 1. The molecule has 19 heavy (non-hydrogen) atoms. The minimum atomic E-state index is 0.676. The number of hydrogen-bond donors (Lipinski definition) is 1. The van der Waals surface area contributed by atoms with Crippen LogP contribution in [-0.2, 0) is 0 Å². The highest BCUT2D eigenvalue weighted by molar-refractivity contribution is 6.33. The van der Waals surface area contributed by atoms with Crippen molar-refractivity contribution in [1.82, 2.24) is 9.97 Å². The maximum Gasteiger partial charge on any atom is 0.173 e. The smallest absolute Gasteiger partial charge is 0.173 e. The molecule has 2 aromatic heterocycles. The number of aromatic amines is 1. The number of hydrogen-bond acceptors (Lipinski definition) is 2. The van der Waals surface area contributed by atoms with Crippen LogP contribution in [0.5, 0.6) is 0 Å². The fraction of sp³-hybridized carbons (Fsp3) is 0.133. The summed E-state index contributed by atoms with van der Waals surface area (Å²) in [5, 5.41) is 0.676. The molecule has 0 aliphatic heterocycles. The quantitative estimate of drug-likeness (QED) is 0.740. The molecule has 0 unspecified atom stereocenters. The Morgan fingerprint density at radius 3 is 2.47 bits per heavy atom. The summed E-state index contributed by atoms with van der Waals surface area (Å²) in [4.78, 5) is 7.63. The van der Waals surface area contributed by atoms with Gasteiger partial charge in [0.1, 0.15) is 5.76 Å². The van der Waals surface area contributed by atoms with E-state index >= 15 is 0 Å². The zero-order chi connectivity index (χ0) is 13.4. The number of H-pyrrole nitrogens is 1. The van der Waals surface area contributed by atoms with E-state index in [0.717, 1.165) is 28.5 Å². The van der Waals surface area contributed by atoms with Gasteiger partial charge in [-0.05, 0) is 38.1 Å². The van der Waals surface area contributed by atoms with Crippen LogP contribution in [0.2, 0.25) is 5.02 Å². The first-order valence-electron chi connectivity index (χ1n) is 6.03. The minimum absolute atomic E-state index is 0.676. The molecule has 0 aliphatic carbocycles. The molecule has 1 aromatic carbocycles. The molecule has 2 heterocycles. The predicted octanol–water partition coefficient (Wildman–Crippen LogP) is 4.61. The maximum atomic E-state index is 6.16. The molecule has 96 valence electrons. The van der Waals surface area contributed by atoms with Crippen LogP contribution >= 0.6 is 11.6 Å². The summed E-state index contributed by atoms with van der Waals surface area (Å²) in [7, 11) is 0. The van der Waals surface area contributed by atoms with Gasteiger partial charge in [0.25, 0.3) is 0 Å². The second kappa shape index (κ2) is 4.59. The SMILES string of the molecule is Cc1nc(-c2ccc(-c3ccccc3Cl)o2)[nH]c1C. The molecule has 0 amide bonds. The standard InChI is InChI=1S/C15H13ClN2O/c1-9-10(2)18-15(17-9)14-8-7-13(19-14)11-5-3-4-6-12(11)16/h3-8H,1-2H3,(H,17,18). The van der Waals surface area contributed by atoms with Gasteiger partial charge in [0, 0.05) is 11.3 Å². The molecule has 0 bridgehead atoms. The monoisotopic (exact) mass is 272 g/mol. The summed E-state index contributed by atoms with van der Waals surface area (Å²) in [5.74, 6) is 2.20. The lowest BCUT2D eigenvalue weighted by molar-refractivity contribution is 0.593. The van der Waals surface area contributed by atoms with Crippen molar-refractivity contribution >= 4 is 11.6 Å². The molecule has 0 radical (unpaired) electrons. The van der Waals surface area contributed by atoms with E-state index in [1.165, 1.54) is 0 Å². The van der Waals surface area contributed by atoms with Crippen LogP contribution < -0.4 is 0 Å². The van der Waals surface area contributed by atoms with Gasteiger partial charge >= 0.3 is 0 Å². The lowest BCUT2D eigenvalue weighted by atomic mass is 10.2. The van der Waals surface area contributed by atoms with Gasteiger partial charge < -0.3 is 9.40 Å². The molecule has 1 N–H and O–H groups in total. The Bertz CT molecular complexity index is 708. The zero-order valence-corrected chi connectivity index (χ0v) is 11.5. The van der Waals surface area contributed by atoms with E-state index in [1.807, 2.05) is 50.2 Å². The van der Waals surface area contributed by atoms with Gasteiger partial charge in [-0.2, -0.15) is 0 Å². The summed E-state index contributed by atoms with van der Waals surface area (Å²) < 4.78 is 5.83. The Morgan fingerprint density at radius 1 is 1.05 bits per heavy atom. The van der Waals surface area contributed by atoms with Crippen LogP contribution in [0.25, 0.3) is 22.9 Å². The lowest BCUT2D eigenvalue weighted by Crippen LogP contribution is -1.77. The predicted molar refractivity (Wildman–Crippen MR) is 76.2 cm³/mol. The van der Waals surface area contributed by atoms with Crippen molar-refractivity contribution < 1.29 is 4.42 Å². The molecule has 0 spiro atoms. The molecule has 3 rings (SSSR count). The van der Waals surface area contributed by atoms with E-state index in [9.17, 15) is 0 Å². The fourth-order valence-electron chi connectivity index (χ4n) is 1.94. The average molecular weight is 273 g/mol. The average Bonchev–Trinajstić information content (AvgIpc) is 2.98. The van der Waals surface area contributed by atoms with Gasteiger partial charge in [0.05, 0.1) is 10.7 Å². The third kappa shape index (κ3) is 2.17. The highest BCUT2D eigenvalue weighted by Gasteiger charge is 2.12. The van der Waals surface area contributed by atoms with Crippen LogP contribution in [0.15, 0.2) is 40.8 Å². The van der Waals surface area contributed by atoms with Crippen LogP contribution in [0.4, 0.5) is 0 Å². The molecule has 3 aromatic rings. The molecule has 0 fully saturated rings. The summed E-state index contributed by atoms with van der Waals surface area (Å²) in [5.41, 5.74) is 2.91. The van der Waals surface area contributed by atoms with Gasteiger partial charge in [0.15, 0.2) is 11.6 Å². The van der Waals surface area contributed by atoms with E-state index in [0.29, 0.717) is 10.8 Å². The van der Waals surface area contributed by atoms with Crippen LogP contribution in [-0.4, -0.2) is 9.97 Å². The first-order valence-corrected chi connectivity index (χ1v) is 6.41. The maximum absolute atomic E-state index is 6.16. The number of benzene rings is 1. The van der Waals surface area contributed by atoms with Crippen molar-refractivity contribution in [3.63, 3.8) is 0 Å². The van der Waals surface area contributed by atoms with Gasteiger partial charge in [0.2, 0.25) is 0 Å². The van der Waals surface area contributed by atoms with E-state index in [2.05, 4.69) is 9.97 Å². The van der Waals surface area contributed by atoms with E-state index in [1.54, 1.807) is 0 Å². The number of aryl methyl sites for hydroxylation is 2. The molecular weight excluding hydrogens is 260 g/mol. The Hall–Kier alpha value is -2.00. The number of furan rings is 1. The van der Waals surface area contributed by atoms with Crippen molar-refractivity contribution in [3.8, 4) is 22.9 Å². The summed E-state index contributed by atoms with van der Waals surface area (Å²) in [6.07, 6.45) is 0. The number of rotatable bonds is 2. The second-order valence-electron chi connectivity index (χ2n) is 4.44. The van der Waals surface area contributed by atoms with E-state index in [4.69, 9.17) is 16.0 Å². The van der Waals surface area contributed by atoms with Crippen LogP contribution in [0.1, 0.15) is 11.4 Å². The summed E-state index contributed by atoms with van der Waals surface area (Å²) in [6, 6.07) is 11.4. The van der Waals surface area contributed by atoms with Crippen molar-refractivity contribution in [3.05, 3.63) is 52.8 Å². The first kappa shape index (κ1) is 12.1. The normalized spacial score (nSPS) is 10.9. The number of imidazole rings is 1. The van der Waals surface area contributed by atoms with Crippen molar-refractivity contribution in [2.45, 2.75) is 13.8 Å². The second-order valence-corrected chi connectivity index (χ2v) is 4.85. The van der Waals surface area contributed by atoms with Gasteiger partial charge in [-0.15, -0.1) is 0 Å². The van der Waals surface area contributed by atoms with Gasteiger partial charge in [-0.3, -0.25) is 0 Å². The van der Waals surface area contributed by atoms with E-state index in [-0.39, 0.29) is 0 Å². The molecule has 3 nitrogen and oxygen atoms in total. The van der Waals surface area contributed by atoms with Crippen molar-refractivity contribution in [1.29, 1.82) is 0 Å². The van der Waals surface area contributed by atoms with Crippen molar-refractivity contribution in [2.24, 2.45) is 0 Å². The number of nitrogens with zero attached hydrogens (tertiary/aromatic N) is 1. The van der Waals surface area contributed by atoms with Crippen LogP contribution in [0.3, 0.4) is 0 Å². The molecular formula is C15H13ClN2O. The lowest BCUT2D eigenvalue weighted by Gasteiger charge is -1.99. The summed E-state index contributed by atoms with van der Waals surface area (Å²) in [6.45, 7) is 3.96. The van der Waals surface area contributed by atoms with Crippen LogP contribution in [0, 0.1) is 13.8 Å². The molecule has 0 aliphatic rings. The molecule has 4 heteroatoms. The zero-order valence-electron chi connectivity index (χ0n) is 10.7. The Morgan fingerprint density at radius 2 is 1.79 bits per heavy atom. The third-order valence-corrected chi connectivity index (χ3v) is 3.44. The Labute approximate surface area is 116 Å². The largest absolute Gasteiger partial charge is 0.453 e. The molecule has 0 atom stereocenters. The molecule has 0 saturated carbocycles. The molecule has 0 saturated heterocycles. The van der Waals surface area contributed by atoms with E-state index < -0.39 is 0 Å². The van der Waals surface area contributed by atoms with Gasteiger partial charge in [-0.25, -0.2) is 4.98 Å². The fourth-order valence-corrected chi connectivity index (χ4v) is 2.16.